The van der Waals surface area contributed by atoms with Gasteiger partial charge in [0.2, 0.25) is 5.88 Å². The highest BCUT2D eigenvalue weighted by Crippen LogP contribution is 2.51. The quantitative estimate of drug-likeness (QED) is 0.725. The van der Waals surface area contributed by atoms with E-state index in [9.17, 15) is 13.6 Å². The summed E-state index contributed by atoms with van der Waals surface area (Å²) >= 11 is 1.50. The van der Waals surface area contributed by atoms with Crippen LogP contribution in [0.4, 0.5) is 14.5 Å². The smallest absolute Gasteiger partial charge is 0.275 e. The second-order valence-electron chi connectivity index (χ2n) is 7.20. The van der Waals surface area contributed by atoms with Gasteiger partial charge >= 0.3 is 0 Å². The van der Waals surface area contributed by atoms with E-state index < -0.39 is 18.1 Å². The summed E-state index contributed by atoms with van der Waals surface area (Å²) in [6, 6.07) is 4.46. The van der Waals surface area contributed by atoms with Gasteiger partial charge in [-0.05, 0) is 37.0 Å². The predicted octanol–water partition coefficient (Wildman–Crippen LogP) is 3.27. The van der Waals surface area contributed by atoms with Gasteiger partial charge < -0.3 is 15.8 Å². The molecule has 2 aromatic rings. The minimum Gasteiger partial charge on any atom is -0.474 e. The Morgan fingerprint density at radius 2 is 2.23 bits per heavy atom. The zero-order valence-electron chi connectivity index (χ0n) is 16.1. The molecular formula is C20H21F2N5O2S. The summed E-state index contributed by atoms with van der Waals surface area (Å²) < 4.78 is 32.0. The van der Waals surface area contributed by atoms with Gasteiger partial charge in [0, 0.05) is 17.0 Å². The van der Waals surface area contributed by atoms with Crippen LogP contribution in [0.25, 0.3) is 0 Å². The predicted molar refractivity (Wildman–Crippen MR) is 111 cm³/mol. The molecule has 3 N–H and O–H groups in total. The van der Waals surface area contributed by atoms with Gasteiger partial charge in [0.25, 0.3) is 5.91 Å². The number of aliphatic imine (C=N–C) groups is 1. The van der Waals surface area contributed by atoms with E-state index in [4.69, 9.17) is 10.5 Å². The van der Waals surface area contributed by atoms with Crippen molar-refractivity contribution in [1.82, 2.24) is 9.97 Å². The standard InChI is InChI=1S/C20H21F2N5O2S/c21-6-7-29-17-10-24-16(9-25-17)18(28)26-13-3-4-15(22)14(8-13)20-5-1-2-12(20)11-30-19(23)27-20/h3-4,8-10,12H,1-2,5-7,11H2,(H2,23,27)(H,26,28)/t12-,20-/m0/s1. The summed E-state index contributed by atoms with van der Waals surface area (Å²) in [4.78, 5) is 25.1. The number of hydrogen-bond acceptors (Lipinski definition) is 7. The van der Waals surface area contributed by atoms with Crippen molar-refractivity contribution in [3.05, 3.63) is 47.7 Å². The average Bonchev–Trinajstić information content (AvgIpc) is 3.17. The average molecular weight is 433 g/mol. The number of thioether (sulfide) groups is 1. The number of amidine groups is 1. The molecule has 0 spiro atoms. The Bertz CT molecular complexity index is 972. The third kappa shape index (κ3) is 3.96. The maximum absolute atomic E-state index is 14.8. The molecule has 1 aliphatic heterocycles. The molecule has 2 heterocycles. The lowest BCUT2D eigenvalue weighted by molar-refractivity contribution is 0.102. The Morgan fingerprint density at radius 3 is 3.00 bits per heavy atom. The summed E-state index contributed by atoms with van der Waals surface area (Å²) in [6.45, 7) is -0.777. The van der Waals surface area contributed by atoms with E-state index in [2.05, 4.69) is 20.3 Å². The molecule has 10 heteroatoms. The van der Waals surface area contributed by atoms with Crippen LogP contribution in [0.5, 0.6) is 5.88 Å². The maximum atomic E-state index is 14.8. The summed E-state index contributed by atoms with van der Waals surface area (Å²) in [6.07, 6.45) is 5.12. The number of rotatable bonds is 6. The van der Waals surface area contributed by atoms with Crippen molar-refractivity contribution >= 4 is 28.5 Å². The zero-order valence-corrected chi connectivity index (χ0v) is 16.9. The molecule has 2 atom stereocenters. The summed E-state index contributed by atoms with van der Waals surface area (Å²) in [5, 5.41) is 3.19. The van der Waals surface area contributed by atoms with Gasteiger partial charge in [-0.3, -0.25) is 9.79 Å². The second-order valence-corrected chi connectivity index (χ2v) is 8.24. The van der Waals surface area contributed by atoms with Gasteiger partial charge in [0.05, 0.1) is 17.9 Å². The first kappa shape index (κ1) is 20.5. The van der Waals surface area contributed by atoms with Gasteiger partial charge in [0.1, 0.15) is 24.8 Å². The van der Waals surface area contributed by atoms with Crippen molar-refractivity contribution in [2.75, 3.05) is 24.4 Å². The normalized spacial score (nSPS) is 22.9. The number of halogens is 2. The van der Waals surface area contributed by atoms with E-state index in [1.54, 1.807) is 6.07 Å². The van der Waals surface area contributed by atoms with E-state index in [1.165, 1.54) is 36.3 Å². The number of nitrogens with zero attached hydrogens (tertiary/aromatic N) is 3. The zero-order chi connectivity index (χ0) is 21.1. The first-order valence-electron chi connectivity index (χ1n) is 9.62. The molecule has 30 heavy (non-hydrogen) atoms. The molecule has 2 aliphatic rings. The number of aromatic nitrogens is 2. The Labute approximate surface area is 176 Å². The highest BCUT2D eigenvalue weighted by Gasteiger charge is 2.48. The summed E-state index contributed by atoms with van der Waals surface area (Å²) in [5.74, 6) is 0.276. The van der Waals surface area contributed by atoms with Crippen LogP contribution in [0.1, 0.15) is 35.3 Å². The molecule has 0 unspecified atom stereocenters. The van der Waals surface area contributed by atoms with Crippen LogP contribution in [0, 0.1) is 11.7 Å². The fourth-order valence-corrected chi connectivity index (χ4v) is 5.08. The summed E-state index contributed by atoms with van der Waals surface area (Å²) in [7, 11) is 0. The van der Waals surface area contributed by atoms with E-state index in [0.717, 1.165) is 25.0 Å². The lowest BCUT2D eigenvalue weighted by Crippen LogP contribution is -2.37. The molecule has 158 valence electrons. The minimum absolute atomic E-state index is 0.0571. The van der Waals surface area contributed by atoms with Crippen molar-refractivity contribution in [1.29, 1.82) is 0 Å². The maximum Gasteiger partial charge on any atom is 0.275 e. The number of ether oxygens (including phenoxy) is 1. The first-order chi connectivity index (χ1) is 14.5. The molecule has 0 saturated heterocycles. The minimum atomic E-state index is -0.685. The first-order valence-corrected chi connectivity index (χ1v) is 10.6. The third-order valence-electron chi connectivity index (χ3n) is 5.41. The topological polar surface area (TPSA) is 102 Å². The Kier molecular flexibility index (Phi) is 5.85. The van der Waals surface area contributed by atoms with Crippen LogP contribution in [-0.4, -0.2) is 40.1 Å². The van der Waals surface area contributed by atoms with E-state index in [-0.39, 0.29) is 29.9 Å². The van der Waals surface area contributed by atoms with Crippen LogP contribution >= 0.6 is 11.8 Å². The van der Waals surface area contributed by atoms with Crippen molar-refractivity contribution in [3.8, 4) is 5.88 Å². The largest absolute Gasteiger partial charge is 0.474 e. The van der Waals surface area contributed by atoms with Crippen molar-refractivity contribution < 1.29 is 18.3 Å². The molecule has 0 radical (unpaired) electrons. The van der Waals surface area contributed by atoms with Crippen LogP contribution < -0.4 is 15.8 Å². The Balaban J connectivity index is 1.56. The highest BCUT2D eigenvalue weighted by molar-refractivity contribution is 8.13. The van der Waals surface area contributed by atoms with Crippen LogP contribution in [-0.2, 0) is 5.54 Å². The SMILES string of the molecule is NC1=N[C@@]2(c3cc(NC(=O)c4cnc(OCCF)cn4)ccc3F)CCC[C@H]2CS1. The second kappa shape index (κ2) is 8.55. The Morgan fingerprint density at radius 1 is 1.37 bits per heavy atom. The number of anilines is 1. The molecule has 1 aliphatic carbocycles. The van der Waals surface area contributed by atoms with Gasteiger partial charge in [-0.1, -0.05) is 18.2 Å². The van der Waals surface area contributed by atoms with Gasteiger partial charge in [-0.15, -0.1) is 0 Å². The number of nitrogens with one attached hydrogen (secondary N) is 1. The van der Waals surface area contributed by atoms with Crippen molar-refractivity contribution in [2.45, 2.75) is 24.8 Å². The molecule has 1 aromatic heterocycles. The molecule has 4 rings (SSSR count). The van der Waals surface area contributed by atoms with Crippen molar-refractivity contribution in [2.24, 2.45) is 16.6 Å². The number of alkyl halides is 1. The van der Waals surface area contributed by atoms with Gasteiger partial charge in [-0.2, -0.15) is 0 Å². The molecule has 1 fully saturated rings. The molecule has 1 aromatic carbocycles. The van der Waals surface area contributed by atoms with E-state index in [0.29, 0.717) is 16.4 Å². The lowest BCUT2D eigenvalue weighted by Gasteiger charge is -2.36. The molecular weight excluding hydrogens is 412 g/mol. The third-order valence-corrected chi connectivity index (χ3v) is 6.36. The fourth-order valence-electron chi connectivity index (χ4n) is 4.04. The fraction of sp³-hybridized carbons (Fsp3) is 0.400. The van der Waals surface area contributed by atoms with Gasteiger partial charge in [-0.25, -0.2) is 18.7 Å². The molecule has 0 bridgehead atoms. The van der Waals surface area contributed by atoms with Crippen LogP contribution in [0.3, 0.4) is 0 Å². The number of carbonyl (C=O) groups is 1. The molecule has 7 nitrogen and oxygen atoms in total. The Hall–Kier alpha value is -2.75. The van der Waals surface area contributed by atoms with E-state index >= 15 is 0 Å². The lowest BCUT2D eigenvalue weighted by atomic mass is 9.81. The number of nitrogens with two attached hydrogens (primary N) is 1. The van der Waals surface area contributed by atoms with E-state index in [1.807, 2.05) is 0 Å². The number of amides is 1. The number of benzene rings is 1. The summed E-state index contributed by atoms with van der Waals surface area (Å²) in [5.41, 5.74) is 6.23. The van der Waals surface area contributed by atoms with Crippen LogP contribution in [0.2, 0.25) is 0 Å². The number of hydrogen-bond donors (Lipinski definition) is 2. The monoisotopic (exact) mass is 433 g/mol. The highest BCUT2D eigenvalue weighted by atomic mass is 32.2. The van der Waals surface area contributed by atoms with Gasteiger partial charge in [0.15, 0.2) is 5.17 Å². The molecule has 1 saturated carbocycles. The number of fused-ring (bicyclic) bond motifs is 1. The number of carbonyl (C=O) groups excluding carboxylic acids is 1. The van der Waals surface area contributed by atoms with Crippen molar-refractivity contribution in [3.63, 3.8) is 0 Å². The molecule has 1 amide bonds. The van der Waals surface area contributed by atoms with Crippen LogP contribution in [0.15, 0.2) is 35.6 Å².